The minimum absolute atomic E-state index is 0.0364. The molecule has 2 aromatic rings. The van der Waals surface area contributed by atoms with Crippen molar-refractivity contribution in [1.82, 2.24) is 9.71 Å². The number of nitrogens with zero attached hydrogens (tertiary/aromatic N) is 1. The molecule has 0 saturated carbocycles. The monoisotopic (exact) mass is 308 g/mol. The molecule has 0 aliphatic heterocycles. The Kier molecular flexibility index (Phi) is 4.61. The summed E-state index contributed by atoms with van der Waals surface area (Å²) in [6.07, 6.45) is 3.76. The molecule has 0 aliphatic rings. The van der Waals surface area contributed by atoms with Crippen LogP contribution in [0.2, 0.25) is 0 Å². The SMILES string of the molecule is CC(C)(CCO)CNS(=O)(=O)c1cccc2cnccc12. The maximum Gasteiger partial charge on any atom is 0.241 e. The molecule has 2 rings (SSSR count). The van der Waals surface area contributed by atoms with Gasteiger partial charge in [0, 0.05) is 36.3 Å². The number of nitrogens with one attached hydrogen (secondary N) is 1. The fraction of sp³-hybridized carbons (Fsp3) is 0.400. The second-order valence-electron chi connectivity index (χ2n) is 5.82. The first-order valence-electron chi connectivity index (χ1n) is 6.79. The molecule has 114 valence electrons. The normalized spacial score (nSPS) is 12.7. The lowest BCUT2D eigenvalue weighted by Gasteiger charge is -2.24. The topological polar surface area (TPSA) is 79.3 Å². The summed E-state index contributed by atoms with van der Waals surface area (Å²) in [5, 5.41) is 10.4. The van der Waals surface area contributed by atoms with Crippen molar-refractivity contribution in [3.63, 3.8) is 0 Å². The smallest absolute Gasteiger partial charge is 0.241 e. The van der Waals surface area contributed by atoms with Gasteiger partial charge in [-0.1, -0.05) is 26.0 Å². The molecule has 0 radical (unpaired) electrons. The van der Waals surface area contributed by atoms with Crippen LogP contribution in [0.1, 0.15) is 20.3 Å². The minimum Gasteiger partial charge on any atom is -0.396 e. The van der Waals surface area contributed by atoms with Crippen molar-refractivity contribution in [2.75, 3.05) is 13.2 Å². The number of hydrogen-bond acceptors (Lipinski definition) is 4. The van der Waals surface area contributed by atoms with Gasteiger partial charge in [0.25, 0.3) is 0 Å². The zero-order chi connectivity index (χ0) is 15.5. The second kappa shape index (κ2) is 6.09. The van der Waals surface area contributed by atoms with E-state index in [-0.39, 0.29) is 23.5 Å². The molecule has 0 amide bonds. The van der Waals surface area contributed by atoms with Gasteiger partial charge in [-0.2, -0.15) is 0 Å². The van der Waals surface area contributed by atoms with E-state index < -0.39 is 10.0 Å². The van der Waals surface area contributed by atoms with Crippen LogP contribution in [-0.4, -0.2) is 31.7 Å². The van der Waals surface area contributed by atoms with Gasteiger partial charge in [0.15, 0.2) is 0 Å². The third kappa shape index (κ3) is 3.78. The standard InChI is InChI=1S/C15H20N2O3S/c1-15(2,7-9-18)11-17-21(19,20)14-5-3-4-12-10-16-8-6-13(12)14/h3-6,8,10,17-18H,7,9,11H2,1-2H3. The van der Waals surface area contributed by atoms with Gasteiger partial charge in [0.2, 0.25) is 10.0 Å². The average molecular weight is 308 g/mol. The lowest BCUT2D eigenvalue weighted by molar-refractivity contribution is 0.213. The number of aliphatic hydroxyl groups excluding tert-OH is 1. The fourth-order valence-corrected chi connectivity index (χ4v) is 3.56. The third-order valence-electron chi connectivity index (χ3n) is 3.46. The van der Waals surface area contributed by atoms with Crippen molar-refractivity contribution in [1.29, 1.82) is 0 Å². The van der Waals surface area contributed by atoms with Crippen molar-refractivity contribution in [2.24, 2.45) is 5.41 Å². The Hall–Kier alpha value is -1.50. The highest BCUT2D eigenvalue weighted by Gasteiger charge is 2.23. The van der Waals surface area contributed by atoms with E-state index in [9.17, 15) is 8.42 Å². The van der Waals surface area contributed by atoms with Crippen molar-refractivity contribution in [2.45, 2.75) is 25.2 Å². The van der Waals surface area contributed by atoms with Gasteiger partial charge < -0.3 is 5.11 Å². The average Bonchev–Trinajstić information content (AvgIpc) is 2.45. The van der Waals surface area contributed by atoms with Crippen molar-refractivity contribution in [3.05, 3.63) is 36.7 Å². The molecule has 1 aromatic carbocycles. The van der Waals surface area contributed by atoms with E-state index in [1.807, 2.05) is 19.9 Å². The van der Waals surface area contributed by atoms with Gasteiger partial charge in [0.1, 0.15) is 0 Å². The zero-order valence-electron chi connectivity index (χ0n) is 12.2. The Morgan fingerprint density at radius 1 is 1.29 bits per heavy atom. The summed E-state index contributed by atoms with van der Waals surface area (Å²) < 4.78 is 27.6. The van der Waals surface area contributed by atoms with Crippen LogP contribution in [0.5, 0.6) is 0 Å². The zero-order valence-corrected chi connectivity index (χ0v) is 13.0. The van der Waals surface area contributed by atoms with Crippen LogP contribution in [0.3, 0.4) is 0 Å². The molecule has 0 aliphatic carbocycles. The first-order chi connectivity index (χ1) is 9.86. The van der Waals surface area contributed by atoms with Crippen LogP contribution in [0.4, 0.5) is 0 Å². The predicted molar refractivity (Wildman–Crippen MR) is 82.4 cm³/mol. The number of benzene rings is 1. The number of sulfonamides is 1. The van der Waals surface area contributed by atoms with E-state index in [2.05, 4.69) is 9.71 Å². The van der Waals surface area contributed by atoms with E-state index in [1.54, 1.807) is 30.6 Å². The van der Waals surface area contributed by atoms with Crippen molar-refractivity contribution < 1.29 is 13.5 Å². The molecule has 21 heavy (non-hydrogen) atoms. The quantitative estimate of drug-likeness (QED) is 0.854. The van der Waals surface area contributed by atoms with Gasteiger partial charge in [0.05, 0.1) is 4.90 Å². The highest BCUT2D eigenvalue weighted by atomic mass is 32.2. The van der Waals surface area contributed by atoms with Gasteiger partial charge in [-0.15, -0.1) is 0 Å². The Morgan fingerprint density at radius 2 is 2.05 bits per heavy atom. The summed E-state index contributed by atoms with van der Waals surface area (Å²) in [6, 6.07) is 6.82. The number of fused-ring (bicyclic) bond motifs is 1. The van der Waals surface area contributed by atoms with Crippen molar-refractivity contribution in [3.8, 4) is 0 Å². The molecule has 0 fully saturated rings. The van der Waals surface area contributed by atoms with E-state index in [1.165, 1.54) is 0 Å². The van der Waals surface area contributed by atoms with E-state index in [4.69, 9.17) is 5.11 Å². The lowest BCUT2D eigenvalue weighted by atomic mass is 9.90. The summed E-state index contributed by atoms with van der Waals surface area (Å²) in [5.74, 6) is 0. The molecule has 1 aromatic heterocycles. The predicted octanol–water partition coefficient (Wildman–Crippen LogP) is 1.92. The molecule has 0 bridgehead atoms. The number of rotatable bonds is 6. The molecule has 1 heterocycles. The first-order valence-corrected chi connectivity index (χ1v) is 8.27. The second-order valence-corrected chi connectivity index (χ2v) is 7.55. The van der Waals surface area contributed by atoms with Gasteiger partial charge >= 0.3 is 0 Å². The molecule has 6 heteroatoms. The molecular weight excluding hydrogens is 288 g/mol. The number of pyridine rings is 1. The summed E-state index contributed by atoms with van der Waals surface area (Å²) in [7, 11) is -3.60. The fourth-order valence-electron chi connectivity index (χ4n) is 2.09. The number of aliphatic hydroxyl groups is 1. The molecular formula is C15H20N2O3S. The number of hydrogen-bond donors (Lipinski definition) is 2. The Balaban J connectivity index is 2.30. The minimum atomic E-state index is -3.60. The van der Waals surface area contributed by atoms with Gasteiger partial charge in [-0.3, -0.25) is 4.98 Å². The Morgan fingerprint density at radius 3 is 2.76 bits per heavy atom. The first kappa shape index (κ1) is 15.9. The maximum atomic E-state index is 12.5. The molecule has 0 saturated heterocycles. The third-order valence-corrected chi connectivity index (χ3v) is 4.92. The molecule has 5 nitrogen and oxygen atoms in total. The lowest BCUT2D eigenvalue weighted by Crippen LogP contribution is -2.34. The largest absolute Gasteiger partial charge is 0.396 e. The Labute approximate surface area is 125 Å². The van der Waals surface area contributed by atoms with Gasteiger partial charge in [-0.25, -0.2) is 13.1 Å². The molecule has 0 spiro atoms. The van der Waals surface area contributed by atoms with Crippen LogP contribution >= 0.6 is 0 Å². The van der Waals surface area contributed by atoms with Crippen molar-refractivity contribution >= 4 is 20.8 Å². The van der Waals surface area contributed by atoms with E-state index in [0.717, 1.165) is 5.39 Å². The summed E-state index contributed by atoms with van der Waals surface area (Å²) in [6.45, 7) is 4.14. The summed E-state index contributed by atoms with van der Waals surface area (Å²) in [5.41, 5.74) is -0.298. The highest BCUT2D eigenvalue weighted by Crippen LogP contribution is 2.23. The molecule has 0 unspecified atom stereocenters. The van der Waals surface area contributed by atoms with Crippen LogP contribution < -0.4 is 4.72 Å². The maximum absolute atomic E-state index is 12.5. The van der Waals surface area contributed by atoms with Crippen LogP contribution in [0.25, 0.3) is 10.8 Å². The van der Waals surface area contributed by atoms with E-state index >= 15 is 0 Å². The van der Waals surface area contributed by atoms with E-state index in [0.29, 0.717) is 11.8 Å². The van der Waals surface area contributed by atoms with Crippen LogP contribution in [0, 0.1) is 5.41 Å². The summed E-state index contributed by atoms with van der Waals surface area (Å²) >= 11 is 0. The number of aromatic nitrogens is 1. The highest BCUT2D eigenvalue weighted by molar-refractivity contribution is 7.89. The molecule has 2 N–H and O–H groups in total. The molecule has 0 atom stereocenters. The summed E-state index contributed by atoms with van der Waals surface area (Å²) in [4.78, 5) is 4.25. The van der Waals surface area contributed by atoms with Gasteiger partial charge in [-0.05, 0) is 24.0 Å². The Bertz CT molecular complexity index is 721. The van der Waals surface area contributed by atoms with Crippen LogP contribution in [0.15, 0.2) is 41.6 Å². The van der Waals surface area contributed by atoms with Crippen LogP contribution in [-0.2, 0) is 10.0 Å².